The van der Waals surface area contributed by atoms with Crippen molar-refractivity contribution in [3.05, 3.63) is 66.6 Å². The van der Waals surface area contributed by atoms with Crippen LogP contribution in [-0.4, -0.2) is 20.4 Å². The molecule has 0 N–H and O–H groups in total. The number of pyridine rings is 2. The van der Waals surface area contributed by atoms with Crippen molar-refractivity contribution in [2.45, 2.75) is 6.92 Å². The van der Waals surface area contributed by atoms with Crippen molar-refractivity contribution in [2.75, 3.05) is 0 Å². The number of fused-ring (bicyclic) bond motifs is 5. The van der Waals surface area contributed by atoms with Crippen LogP contribution in [0.1, 0.15) is 17.3 Å². The van der Waals surface area contributed by atoms with Crippen LogP contribution < -0.4 is 0 Å². The van der Waals surface area contributed by atoms with Gasteiger partial charge in [-0.05, 0) is 31.2 Å². The van der Waals surface area contributed by atoms with Crippen LogP contribution in [0.5, 0.6) is 0 Å². The Balaban J connectivity index is 2.02. The number of furan rings is 1. The number of carbonyl (C=O) groups excluding carboxylic acids is 1. The van der Waals surface area contributed by atoms with Gasteiger partial charge >= 0.3 is 0 Å². The van der Waals surface area contributed by atoms with Gasteiger partial charge in [-0.3, -0.25) is 9.78 Å². The number of Topliss-reactive ketones (excluding diaryl/α,β-unsaturated/α-hetero) is 1. The van der Waals surface area contributed by atoms with Crippen molar-refractivity contribution in [1.82, 2.24) is 14.6 Å². The number of rotatable bonds is 2. The van der Waals surface area contributed by atoms with Crippen LogP contribution in [-0.2, 0) is 0 Å². The van der Waals surface area contributed by atoms with Crippen LogP contribution in [0.25, 0.3) is 38.8 Å². The van der Waals surface area contributed by atoms with Gasteiger partial charge in [0.25, 0.3) is 0 Å². The van der Waals surface area contributed by atoms with Crippen LogP contribution in [0.15, 0.2) is 65.4 Å². The Bertz CT molecular complexity index is 1270. The monoisotopic (exact) mass is 327 g/mol. The van der Waals surface area contributed by atoms with Gasteiger partial charge in [-0.25, -0.2) is 4.52 Å². The Morgan fingerprint density at radius 1 is 1.04 bits per heavy atom. The van der Waals surface area contributed by atoms with Gasteiger partial charge in [-0.2, -0.15) is 5.10 Å². The Kier molecular flexibility index (Phi) is 2.79. The number of carbonyl (C=O) groups is 1. The van der Waals surface area contributed by atoms with E-state index in [-0.39, 0.29) is 5.78 Å². The van der Waals surface area contributed by atoms with E-state index in [1.165, 1.54) is 0 Å². The molecule has 0 spiro atoms. The third-order valence-corrected chi connectivity index (χ3v) is 4.44. The van der Waals surface area contributed by atoms with E-state index in [1.54, 1.807) is 30.0 Å². The highest BCUT2D eigenvalue weighted by atomic mass is 16.3. The predicted octanol–water partition coefficient (Wildman–Crippen LogP) is 4.50. The topological polar surface area (TPSA) is 60.4 Å². The lowest BCUT2D eigenvalue weighted by Crippen LogP contribution is -1.95. The van der Waals surface area contributed by atoms with E-state index >= 15 is 0 Å². The van der Waals surface area contributed by atoms with Gasteiger partial charge in [0.2, 0.25) is 0 Å². The van der Waals surface area contributed by atoms with Gasteiger partial charge in [-0.15, -0.1) is 0 Å². The summed E-state index contributed by atoms with van der Waals surface area (Å²) in [6, 6.07) is 15.5. The van der Waals surface area contributed by atoms with Crippen molar-refractivity contribution < 1.29 is 9.21 Å². The summed E-state index contributed by atoms with van der Waals surface area (Å²) in [4.78, 5) is 16.9. The SMILES string of the molecule is CC(=O)c1c(-c2ccco2)nn2c1ccc1ccc3cccnc3c12. The molecule has 25 heavy (non-hydrogen) atoms. The molecule has 0 aliphatic carbocycles. The van der Waals surface area contributed by atoms with Crippen molar-refractivity contribution >= 4 is 33.1 Å². The molecule has 4 aromatic heterocycles. The van der Waals surface area contributed by atoms with Crippen molar-refractivity contribution in [2.24, 2.45) is 0 Å². The van der Waals surface area contributed by atoms with Crippen LogP contribution in [0, 0.1) is 0 Å². The third kappa shape index (κ3) is 1.92. The Labute approximate surface area is 142 Å². The second kappa shape index (κ2) is 5.01. The molecule has 1 aromatic carbocycles. The van der Waals surface area contributed by atoms with Crippen molar-refractivity contribution in [1.29, 1.82) is 0 Å². The molecule has 5 aromatic rings. The van der Waals surface area contributed by atoms with Gasteiger partial charge in [-0.1, -0.05) is 24.3 Å². The summed E-state index contributed by atoms with van der Waals surface area (Å²) >= 11 is 0. The molecule has 0 saturated heterocycles. The van der Waals surface area contributed by atoms with Gasteiger partial charge in [0.15, 0.2) is 11.5 Å². The van der Waals surface area contributed by atoms with E-state index in [1.807, 2.05) is 42.5 Å². The maximum Gasteiger partial charge on any atom is 0.164 e. The first kappa shape index (κ1) is 13.9. The molecule has 0 unspecified atom stereocenters. The fraction of sp³-hybridized carbons (Fsp3) is 0.0500. The molecule has 120 valence electrons. The first-order chi connectivity index (χ1) is 12.2. The number of hydrogen-bond donors (Lipinski definition) is 0. The number of hydrogen-bond acceptors (Lipinski definition) is 4. The maximum atomic E-state index is 12.3. The zero-order valence-electron chi connectivity index (χ0n) is 13.4. The summed E-state index contributed by atoms with van der Waals surface area (Å²) in [5.41, 5.74) is 3.61. The highest BCUT2D eigenvalue weighted by molar-refractivity contribution is 6.09. The minimum Gasteiger partial charge on any atom is -0.463 e. The van der Waals surface area contributed by atoms with Gasteiger partial charge in [0.1, 0.15) is 5.69 Å². The Hall–Kier alpha value is -3.47. The fourth-order valence-corrected chi connectivity index (χ4v) is 3.36. The largest absolute Gasteiger partial charge is 0.463 e. The van der Waals surface area contributed by atoms with Crippen LogP contribution in [0.4, 0.5) is 0 Å². The number of nitrogens with zero attached hydrogens (tertiary/aromatic N) is 3. The number of benzene rings is 1. The first-order valence-electron chi connectivity index (χ1n) is 7.98. The molecule has 0 saturated carbocycles. The van der Waals surface area contributed by atoms with E-state index in [0.29, 0.717) is 17.0 Å². The summed E-state index contributed by atoms with van der Waals surface area (Å²) in [5.74, 6) is 0.532. The quantitative estimate of drug-likeness (QED) is 0.354. The Morgan fingerprint density at radius 3 is 2.68 bits per heavy atom. The predicted molar refractivity (Wildman–Crippen MR) is 95.7 cm³/mol. The summed E-state index contributed by atoms with van der Waals surface area (Å²) in [6.45, 7) is 1.55. The molecule has 0 bridgehead atoms. The minimum absolute atomic E-state index is 0.0473. The van der Waals surface area contributed by atoms with Crippen LogP contribution >= 0.6 is 0 Å². The van der Waals surface area contributed by atoms with Crippen molar-refractivity contribution in [3.8, 4) is 11.5 Å². The summed E-state index contributed by atoms with van der Waals surface area (Å²) in [5, 5.41) is 6.76. The molecule has 4 heterocycles. The smallest absolute Gasteiger partial charge is 0.164 e. The second-order valence-corrected chi connectivity index (χ2v) is 5.97. The van der Waals surface area contributed by atoms with Gasteiger partial charge in [0, 0.05) is 17.0 Å². The molecule has 0 amide bonds. The highest BCUT2D eigenvalue weighted by Crippen LogP contribution is 2.31. The fourth-order valence-electron chi connectivity index (χ4n) is 3.36. The average Bonchev–Trinajstić information content (AvgIpc) is 3.28. The molecule has 5 nitrogen and oxygen atoms in total. The van der Waals surface area contributed by atoms with E-state index in [4.69, 9.17) is 9.52 Å². The van der Waals surface area contributed by atoms with Crippen LogP contribution in [0.2, 0.25) is 0 Å². The molecule has 0 fully saturated rings. The zero-order valence-corrected chi connectivity index (χ0v) is 13.4. The van der Waals surface area contributed by atoms with Gasteiger partial charge < -0.3 is 4.42 Å². The molecule has 5 rings (SSSR count). The maximum absolute atomic E-state index is 12.3. The summed E-state index contributed by atoms with van der Waals surface area (Å²) in [6.07, 6.45) is 3.35. The molecule has 0 aliphatic rings. The Morgan fingerprint density at radius 2 is 1.88 bits per heavy atom. The van der Waals surface area contributed by atoms with Crippen molar-refractivity contribution in [3.63, 3.8) is 0 Å². The molecular weight excluding hydrogens is 314 g/mol. The highest BCUT2D eigenvalue weighted by Gasteiger charge is 2.21. The second-order valence-electron chi connectivity index (χ2n) is 5.97. The van der Waals surface area contributed by atoms with E-state index in [9.17, 15) is 4.79 Å². The summed E-state index contributed by atoms with van der Waals surface area (Å²) in [7, 11) is 0. The first-order valence-corrected chi connectivity index (χ1v) is 7.98. The normalized spacial score (nSPS) is 11.6. The lowest BCUT2D eigenvalue weighted by atomic mass is 10.1. The molecule has 0 aliphatic heterocycles. The van der Waals surface area contributed by atoms with E-state index in [0.717, 1.165) is 27.3 Å². The molecule has 0 atom stereocenters. The van der Waals surface area contributed by atoms with Gasteiger partial charge in [0.05, 0.1) is 28.4 Å². The van der Waals surface area contributed by atoms with Crippen LogP contribution in [0.3, 0.4) is 0 Å². The molecular formula is C20H13N3O2. The van der Waals surface area contributed by atoms with E-state index in [2.05, 4.69) is 4.98 Å². The average molecular weight is 327 g/mol. The third-order valence-electron chi connectivity index (χ3n) is 4.44. The number of ketones is 1. The zero-order chi connectivity index (χ0) is 17.0. The van der Waals surface area contributed by atoms with E-state index < -0.39 is 0 Å². The molecule has 5 heteroatoms. The summed E-state index contributed by atoms with van der Waals surface area (Å²) < 4.78 is 7.30. The lowest BCUT2D eigenvalue weighted by molar-refractivity contribution is 0.101. The number of aromatic nitrogens is 3. The molecule has 0 radical (unpaired) electrons. The standard InChI is InChI=1S/C20H13N3O2/c1-12(24)17-15-9-8-14-7-6-13-4-2-10-21-18(13)20(14)23(15)22-19(17)16-5-3-11-25-16/h2-11H,1H3. The minimum atomic E-state index is -0.0473. The lowest BCUT2D eigenvalue weighted by Gasteiger charge is -2.05.